The predicted octanol–water partition coefficient (Wildman–Crippen LogP) is 7.95. The number of halogens is 3. The number of aromatic nitrogens is 2. The molecular formula is C52H57BrF2N6O8. The molecule has 0 bridgehead atoms. The molecule has 2 aromatic heterocycles. The Balaban J connectivity index is 0.000000158. The number of nitrogens with zero attached hydrogens (tertiary/aromatic N) is 5. The molecule has 4 fully saturated rings. The molecule has 69 heavy (non-hydrogen) atoms. The second-order valence-electron chi connectivity index (χ2n) is 17.9. The molecule has 4 aromatic carbocycles. The van der Waals surface area contributed by atoms with Crippen molar-refractivity contribution in [2.45, 2.75) is 62.9 Å². The number of benzene rings is 4. The summed E-state index contributed by atoms with van der Waals surface area (Å²) < 4.78 is 43.7. The molecular weight excluding hydrogens is 955 g/mol. The molecule has 14 nitrogen and oxygen atoms in total. The van der Waals surface area contributed by atoms with Crippen LogP contribution in [0.15, 0.2) is 94.8 Å². The Morgan fingerprint density at radius 3 is 1.51 bits per heavy atom. The normalized spacial score (nSPS) is 16.2. The van der Waals surface area contributed by atoms with E-state index in [1.54, 1.807) is 26.4 Å². The molecule has 0 atom stereocenters. The van der Waals surface area contributed by atoms with Gasteiger partial charge in [0, 0.05) is 114 Å². The van der Waals surface area contributed by atoms with Crippen LogP contribution < -0.4 is 26.0 Å². The predicted molar refractivity (Wildman–Crippen MR) is 266 cm³/mol. The molecule has 0 amide bonds. The number of nitrogens with one attached hydrogen (secondary N) is 1. The first-order valence-electron chi connectivity index (χ1n) is 23.2. The van der Waals surface area contributed by atoms with E-state index in [2.05, 4.69) is 56.5 Å². The van der Waals surface area contributed by atoms with Crippen LogP contribution in [0.5, 0.6) is 0 Å². The summed E-state index contributed by atoms with van der Waals surface area (Å²) in [5, 5.41) is 23.1. The maximum atomic E-state index is 15.2. The van der Waals surface area contributed by atoms with Crippen molar-refractivity contribution < 1.29 is 38.1 Å². The highest BCUT2D eigenvalue weighted by Gasteiger charge is 2.30. The van der Waals surface area contributed by atoms with Crippen molar-refractivity contribution in [2.75, 3.05) is 76.4 Å². The Kier molecular flexibility index (Phi) is 15.9. The number of carbonyl (C=O) groups is 2. The molecule has 4 aliphatic rings. The zero-order valence-corrected chi connectivity index (χ0v) is 40.4. The Morgan fingerprint density at radius 2 is 1.07 bits per heavy atom. The summed E-state index contributed by atoms with van der Waals surface area (Å²) >= 11 is 3.40. The Hall–Kier alpha value is -5.98. The average molecular weight is 1010 g/mol. The first-order chi connectivity index (χ1) is 33.4. The van der Waals surface area contributed by atoms with E-state index in [-0.39, 0.29) is 34.0 Å². The van der Waals surface area contributed by atoms with Crippen molar-refractivity contribution >= 4 is 61.0 Å². The van der Waals surface area contributed by atoms with Gasteiger partial charge in [0.15, 0.2) is 0 Å². The SMILES string of the molecule is COCc1cccc(CBr)c1.COCc1cccc(CN2CCN(c3cc4c(cc3F)c(=O)c(C(=O)O)cn4C3CC3)CC2)c1.O=C(O)c1cn(C2CC2)c2cc(N3CCNCC3)c(F)cc2c1=O. The number of carboxylic acids is 2. The van der Waals surface area contributed by atoms with E-state index in [0.29, 0.717) is 61.8 Å². The van der Waals surface area contributed by atoms with Crippen LogP contribution in [-0.2, 0) is 34.6 Å². The number of piperazine rings is 2. The molecule has 0 spiro atoms. The number of hydrogen-bond acceptors (Lipinski definition) is 10. The van der Waals surface area contributed by atoms with Crippen molar-refractivity contribution in [1.29, 1.82) is 0 Å². The molecule has 6 aromatic rings. The van der Waals surface area contributed by atoms with Crippen LogP contribution in [0.1, 0.15) is 80.7 Å². The van der Waals surface area contributed by atoms with Gasteiger partial charge in [-0.05, 0) is 72.2 Å². The number of carboxylic acid groups (broad SMARTS) is 2. The third-order valence-electron chi connectivity index (χ3n) is 12.9. The highest BCUT2D eigenvalue weighted by atomic mass is 79.9. The summed E-state index contributed by atoms with van der Waals surface area (Å²) in [5.74, 6) is -3.53. The minimum absolute atomic E-state index is 0.127. The van der Waals surface area contributed by atoms with E-state index >= 15 is 4.39 Å². The zero-order valence-electron chi connectivity index (χ0n) is 38.8. The quantitative estimate of drug-likeness (QED) is 0.0961. The van der Waals surface area contributed by atoms with Crippen molar-refractivity contribution in [3.63, 3.8) is 0 Å². The van der Waals surface area contributed by atoms with Crippen LogP contribution in [0.2, 0.25) is 0 Å². The first-order valence-corrected chi connectivity index (χ1v) is 24.3. The Morgan fingerprint density at radius 1 is 0.638 bits per heavy atom. The third-order valence-corrected chi connectivity index (χ3v) is 13.5. The van der Waals surface area contributed by atoms with E-state index in [9.17, 15) is 33.8 Å². The molecule has 0 radical (unpaired) electrons. The van der Waals surface area contributed by atoms with Crippen LogP contribution in [-0.4, -0.2) is 103 Å². The highest BCUT2D eigenvalue weighted by Crippen LogP contribution is 2.39. The highest BCUT2D eigenvalue weighted by molar-refractivity contribution is 9.08. The van der Waals surface area contributed by atoms with Crippen LogP contribution in [0.4, 0.5) is 20.2 Å². The number of aromatic carboxylic acids is 2. The lowest BCUT2D eigenvalue weighted by Gasteiger charge is -2.36. The molecule has 364 valence electrons. The van der Waals surface area contributed by atoms with Gasteiger partial charge in [-0.2, -0.15) is 0 Å². The minimum Gasteiger partial charge on any atom is -0.477 e. The van der Waals surface area contributed by atoms with Gasteiger partial charge in [-0.15, -0.1) is 0 Å². The molecule has 2 aliphatic heterocycles. The maximum absolute atomic E-state index is 15.2. The van der Waals surface area contributed by atoms with Gasteiger partial charge in [-0.3, -0.25) is 14.5 Å². The van der Waals surface area contributed by atoms with Crippen molar-refractivity contribution in [1.82, 2.24) is 19.4 Å². The number of hydrogen-bond donors (Lipinski definition) is 3. The van der Waals surface area contributed by atoms with E-state index < -0.39 is 34.4 Å². The summed E-state index contributed by atoms with van der Waals surface area (Å²) in [7, 11) is 3.40. The van der Waals surface area contributed by atoms with E-state index in [0.717, 1.165) is 69.3 Å². The topological polar surface area (TPSA) is 159 Å². The number of fused-ring (bicyclic) bond motifs is 2. The molecule has 2 aliphatic carbocycles. The maximum Gasteiger partial charge on any atom is 0.341 e. The number of alkyl halides is 1. The second-order valence-corrected chi connectivity index (χ2v) is 18.5. The molecule has 17 heteroatoms. The van der Waals surface area contributed by atoms with Gasteiger partial charge >= 0.3 is 11.9 Å². The Bertz CT molecular complexity index is 2960. The summed E-state index contributed by atoms with van der Waals surface area (Å²) in [6, 6.07) is 22.9. The number of rotatable bonds is 13. The fourth-order valence-corrected chi connectivity index (χ4v) is 9.43. The number of anilines is 2. The summed E-state index contributed by atoms with van der Waals surface area (Å²) in [6.45, 7) is 7.98. The van der Waals surface area contributed by atoms with Crippen molar-refractivity contribution in [3.05, 3.63) is 151 Å². The second kappa shape index (κ2) is 22.2. The summed E-state index contributed by atoms with van der Waals surface area (Å²) in [4.78, 5) is 54.3. The van der Waals surface area contributed by atoms with Crippen LogP contribution in [0.3, 0.4) is 0 Å². The molecule has 2 saturated heterocycles. The van der Waals surface area contributed by atoms with Gasteiger partial charge in [0.2, 0.25) is 10.9 Å². The van der Waals surface area contributed by atoms with E-state index in [4.69, 9.17) is 9.47 Å². The lowest BCUT2D eigenvalue weighted by Crippen LogP contribution is -2.46. The lowest BCUT2D eigenvalue weighted by atomic mass is 10.1. The number of ether oxygens (including phenoxy) is 2. The fourth-order valence-electron chi connectivity index (χ4n) is 9.08. The van der Waals surface area contributed by atoms with Crippen LogP contribution in [0, 0.1) is 11.6 Å². The molecule has 4 heterocycles. The molecule has 0 unspecified atom stereocenters. The van der Waals surface area contributed by atoms with Crippen LogP contribution in [0.25, 0.3) is 21.8 Å². The number of pyridine rings is 2. The van der Waals surface area contributed by atoms with Crippen LogP contribution >= 0.6 is 15.9 Å². The average Bonchev–Trinajstić information content (AvgIpc) is 4.30. The van der Waals surface area contributed by atoms with Gasteiger partial charge in [0.1, 0.15) is 22.8 Å². The number of methoxy groups -OCH3 is 2. The monoisotopic (exact) mass is 1010 g/mol. The fraction of sp³-hybridized carbons (Fsp3) is 0.385. The van der Waals surface area contributed by atoms with Gasteiger partial charge in [-0.1, -0.05) is 64.5 Å². The molecule has 10 rings (SSSR count). The van der Waals surface area contributed by atoms with Gasteiger partial charge in [0.25, 0.3) is 0 Å². The van der Waals surface area contributed by atoms with E-state index in [1.165, 1.54) is 41.2 Å². The smallest absolute Gasteiger partial charge is 0.341 e. The van der Waals surface area contributed by atoms with Crippen molar-refractivity contribution in [2.24, 2.45) is 0 Å². The van der Waals surface area contributed by atoms with E-state index in [1.807, 2.05) is 37.1 Å². The summed E-state index contributed by atoms with van der Waals surface area (Å²) in [5.41, 5.74) is 5.17. The van der Waals surface area contributed by atoms with Gasteiger partial charge in [0.05, 0.1) is 35.6 Å². The largest absolute Gasteiger partial charge is 0.477 e. The molecule has 3 N–H and O–H groups in total. The Labute approximate surface area is 406 Å². The summed E-state index contributed by atoms with van der Waals surface area (Å²) in [6.07, 6.45) is 6.56. The standard InChI is InChI=1S/C26H28FN3O4.C17H18FN3O3.C9H11BrO/c1-34-16-18-4-2-3-17(11-18)14-28-7-9-29(10-8-28)24-13-23-20(12-22(24)27)25(31)21(26(32)33)15-30(23)19-5-6-19;18-13-7-11-14(8-15(13)20-5-3-19-4-6-20)21(10-1-2-10)9-12(16(11)22)17(23)24;1-11-7-9-4-2-3-8(5-9)6-10/h2-4,11-13,15,19H,5-10,14,16H2,1H3,(H,32,33);7-10,19H,1-6H2,(H,23,24);2-5H,6-7H2,1H3. The third kappa shape index (κ3) is 11.7. The first kappa shape index (κ1) is 49.4. The minimum atomic E-state index is -1.28. The zero-order chi connectivity index (χ0) is 48.8. The van der Waals surface area contributed by atoms with Gasteiger partial charge in [-0.25, -0.2) is 18.4 Å². The molecule has 2 saturated carbocycles. The van der Waals surface area contributed by atoms with Gasteiger partial charge < -0.3 is 43.9 Å². The van der Waals surface area contributed by atoms with Crippen molar-refractivity contribution in [3.8, 4) is 0 Å². The lowest BCUT2D eigenvalue weighted by molar-refractivity contribution is 0.0684.